The number of rotatable bonds is 2. The first-order valence-corrected chi connectivity index (χ1v) is 7.50. The van der Waals surface area contributed by atoms with E-state index in [9.17, 15) is 4.79 Å². The first-order valence-electron chi connectivity index (χ1n) is 7.50. The number of hydrogen-bond acceptors (Lipinski definition) is 3. The average molecular weight is 272 g/mol. The Hall–Kier alpha value is -1.55. The topological polar surface area (TPSA) is 41.6 Å². The molecule has 0 unspecified atom stereocenters. The lowest BCUT2D eigenvalue weighted by Crippen LogP contribution is -2.47. The van der Waals surface area contributed by atoms with Crippen LogP contribution in [0.2, 0.25) is 0 Å². The Bertz CT molecular complexity index is 547. The molecule has 2 fully saturated rings. The van der Waals surface area contributed by atoms with Crippen LogP contribution >= 0.6 is 0 Å². The zero-order chi connectivity index (χ0) is 13.7. The van der Waals surface area contributed by atoms with Crippen LogP contribution in [-0.4, -0.2) is 31.6 Å². The van der Waals surface area contributed by atoms with Crippen molar-refractivity contribution in [1.29, 1.82) is 0 Å². The van der Waals surface area contributed by atoms with Crippen molar-refractivity contribution >= 4 is 11.6 Å². The molecule has 0 aromatic heterocycles. The smallest absolute Gasteiger partial charge is 0.244 e. The number of benzene rings is 1. The van der Waals surface area contributed by atoms with Gasteiger partial charge in [0.25, 0.3) is 0 Å². The number of ether oxygens (including phenoxy) is 1. The second kappa shape index (κ2) is 4.48. The summed E-state index contributed by atoms with van der Waals surface area (Å²) >= 11 is 0. The van der Waals surface area contributed by atoms with Crippen LogP contribution in [0.25, 0.3) is 0 Å². The van der Waals surface area contributed by atoms with E-state index in [2.05, 4.69) is 11.4 Å². The zero-order valence-electron chi connectivity index (χ0n) is 11.8. The molecular weight excluding hydrogens is 252 g/mol. The summed E-state index contributed by atoms with van der Waals surface area (Å²) in [5.74, 6) is 1.88. The minimum Gasteiger partial charge on any atom is -0.497 e. The molecule has 0 spiro atoms. The Kier molecular flexibility index (Phi) is 2.74. The molecule has 1 amide bonds. The highest BCUT2D eigenvalue weighted by Crippen LogP contribution is 2.41. The van der Waals surface area contributed by atoms with Crippen molar-refractivity contribution in [1.82, 2.24) is 5.32 Å². The van der Waals surface area contributed by atoms with Crippen LogP contribution in [0.4, 0.5) is 5.69 Å². The van der Waals surface area contributed by atoms with Gasteiger partial charge in [0.15, 0.2) is 0 Å². The molecule has 2 heterocycles. The Morgan fingerprint density at radius 2 is 2.30 bits per heavy atom. The summed E-state index contributed by atoms with van der Waals surface area (Å²) < 4.78 is 5.28. The van der Waals surface area contributed by atoms with Crippen molar-refractivity contribution < 1.29 is 9.53 Å². The first-order chi connectivity index (χ1) is 9.76. The molecule has 0 bridgehead atoms. The number of amides is 1. The molecule has 3 aliphatic rings. The molecule has 20 heavy (non-hydrogen) atoms. The van der Waals surface area contributed by atoms with Gasteiger partial charge in [0.1, 0.15) is 5.75 Å². The van der Waals surface area contributed by atoms with E-state index in [1.807, 2.05) is 17.0 Å². The number of nitrogens with one attached hydrogen (secondary N) is 1. The van der Waals surface area contributed by atoms with Crippen LogP contribution in [0.5, 0.6) is 5.75 Å². The monoisotopic (exact) mass is 272 g/mol. The predicted octanol–water partition coefficient (Wildman–Crippen LogP) is 1.72. The molecule has 4 nitrogen and oxygen atoms in total. The SMILES string of the molecule is COc1ccc2c(c1)CCCN2C(=O)[C@@H]1C[C@H]2C[C@H]2N1. The molecule has 1 aromatic rings. The third-order valence-corrected chi connectivity index (χ3v) is 4.85. The lowest BCUT2D eigenvalue weighted by atomic mass is 10.00. The molecule has 3 atom stereocenters. The van der Waals surface area contributed by atoms with E-state index in [0.29, 0.717) is 6.04 Å². The number of anilines is 1. The van der Waals surface area contributed by atoms with Gasteiger partial charge in [-0.3, -0.25) is 4.79 Å². The van der Waals surface area contributed by atoms with Gasteiger partial charge < -0.3 is 15.0 Å². The minimum atomic E-state index is 0.0341. The van der Waals surface area contributed by atoms with Crippen molar-refractivity contribution in [3.8, 4) is 5.75 Å². The van der Waals surface area contributed by atoms with E-state index < -0.39 is 0 Å². The van der Waals surface area contributed by atoms with Gasteiger partial charge in [0.05, 0.1) is 13.2 Å². The zero-order valence-corrected chi connectivity index (χ0v) is 11.8. The second-order valence-corrected chi connectivity index (χ2v) is 6.15. The van der Waals surface area contributed by atoms with Crippen molar-refractivity contribution in [2.45, 2.75) is 37.8 Å². The first kappa shape index (κ1) is 12.2. The molecule has 1 N–H and O–H groups in total. The van der Waals surface area contributed by atoms with E-state index in [0.717, 1.165) is 43.2 Å². The van der Waals surface area contributed by atoms with Crippen molar-refractivity contribution in [2.24, 2.45) is 5.92 Å². The number of nitrogens with zero attached hydrogens (tertiary/aromatic N) is 1. The van der Waals surface area contributed by atoms with E-state index in [1.54, 1.807) is 7.11 Å². The molecule has 1 aliphatic carbocycles. The van der Waals surface area contributed by atoms with Gasteiger partial charge in [-0.05, 0) is 55.4 Å². The summed E-state index contributed by atoms with van der Waals surface area (Å²) in [6.45, 7) is 0.839. The fourth-order valence-electron chi connectivity index (χ4n) is 3.63. The van der Waals surface area contributed by atoms with E-state index in [-0.39, 0.29) is 11.9 Å². The van der Waals surface area contributed by atoms with Crippen LogP contribution in [0.1, 0.15) is 24.8 Å². The second-order valence-electron chi connectivity index (χ2n) is 6.15. The molecule has 1 saturated carbocycles. The summed E-state index contributed by atoms with van der Waals surface area (Å²) in [5.41, 5.74) is 2.30. The van der Waals surface area contributed by atoms with Gasteiger partial charge >= 0.3 is 0 Å². The van der Waals surface area contributed by atoms with Crippen LogP contribution in [0, 0.1) is 5.92 Å². The Labute approximate surface area is 119 Å². The maximum absolute atomic E-state index is 12.7. The standard InChI is InChI=1S/C16H20N2O2/c1-20-12-4-5-15-10(7-12)3-2-6-18(15)16(19)14-9-11-8-13(11)17-14/h4-5,7,11,13-14,17H,2-3,6,8-9H2,1H3/t11-,13-,14+/m1/s1. The van der Waals surface area contributed by atoms with Crippen molar-refractivity contribution in [3.63, 3.8) is 0 Å². The summed E-state index contributed by atoms with van der Waals surface area (Å²) in [5, 5.41) is 3.46. The van der Waals surface area contributed by atoms with E-state index >= 15 is 0 Å². The normalized spacial score (nSPS) is 30.6. The number of methoxy groups -OCH3 is 1. The van der Waals surface area contributed by atoms with Gasteiger partial charge in [-0.1, -0.05) is 0 Å². The number of piperidine rings is 1. The van der Waals surface area contributed by atoms with Crippen LogP contribution < -0.4 is 15.0 Å². The number of fused-ring (bicyclic) bond motifs is 2. The average Bonchev–Trinajstić information content (AvgIpc) is 3.11. The highest BCUT2D eigenvalue weighted by atomic mass is 16.5. The Morgan fingerprint density at radius 1 is 1.40 bits per heavy atom. The molecular formula is C16H20N2O2. The fraction of sp³-hybridized carbons (Fsp3) is 0.562. The van der Waals surface area contributed by atoms with E-state index in [1.165, 1.54) is 12.0 Å². The minimum absolute atomic E-state index is 0.0341. The predicted molar refractivity (Wildman–Crippen MR) is 77.1 cm³/mol. The maximum Gasteiger partial charge on any atom is 0.244 e. The molecule has 0 radical (unpaired) electrons. The molecule has 1 aromatic carbocycles. The quantitative estimate of drug-likeness (QED) is 0.891. The third-order valence-electron chi connectivity index (χ3n) is 4.85. The molecule has 4 heteroatoms. The molecule has 106 valence electrons. The molecule has 1 saturated heterocycles. The van der Waals surface area contributed by atoms with Gasteiger partial charge in [-0.25, -0.2) is 0 Å². The highest BCUT2D eigenvalue weighted by Gasteiger charge is 2.48. The van der Waals surface area contributed by atoms with Gasteiger partial charge in [-0.2, -0.15) is 0 Å². The molecule has 4 rings (SSSR count). The number of aryl methyl sites for hydroxylation is 1. The van der Waals surface area contributed by atoms with Gasteiger partial charge in [0.2, 0.25) is 5.91 Å². The van der Waals surface area contributed by atoms with Crippen LogP contribution in [-0.2, 0) is 11.2 Å². The van der Waals surface area contributed by atoms with Gasteiger partial charge in [-0.15, -0.1) is 0 Å². The Balaban J connectivity index is 1.59. The summed E-state index contributed by atoms with van der Waals surface area (Å²) in [4.78, 5) is 14.7. The van der Waals surface area contributed by atoms with E-state index in [4.69, 9.17) is 4.74 Å². The summed E-state index contributed by atoms with van der Waals surface area (Å²) in [7, 11) is 1.68. The lowest BCUT2D eigenvalue weighted by Gasteiger charge is -2.32. The maximum atomic E-state index is 12.7. The lowest BCUT2D eigenvalue weighted by molar-refractivity contribution is -0.120. The number of hydrogen-bond donors (Lipinski definition) is 1. The van der Waals surface area contributed by atoms with Gasteiger partial charge in [0, 0.05) is 18.3 Å². The summed E-state index contributed by atoms with van der Waals surface area (Å²) in [6, 6.07) is 6.69. The molecule has 2 aliphatic heterocycles. The highest BCUT2D eigenvalue weighted by molar-refractivity contribution is 5.98. The van der Waals surface area contributed by atoms with Crippen molar-refractivity contribution in [3.05, 3.63) is 23.8 Å². The number of carbonyl (C=O) groups is 1. The Morgan fingerprint density at radius 3 is 3.05 bits per heavy atom. The third kappa shape index (κ3) is 1.90. The van der Waals surface area contributed by atoms with Crippen molar-refractivity contribution in [2.75, 3.05) is 18.6 Å². The summed E-state index contributed by atoms with van der Waals surface area (Å²) in [6.07, 6.45) is 4.34. The van der Waals surface area contributed by atoms with Crippen LogP contribution in [0.3, 0.4) is 0 Å². The fourth-order valence-corrected chi connectivity index (χ4v) is 3.63. The number of carbonyl (C=O) groups excluding carboxylic acids is 1. The largest absolute Gasteiger partial charge is 0.497 e. The van der Waals surface area contributed by atoms with Crippen LogP contribution in [0.15, 0.2) is 18.2 Å².